The van der Waals surface area contributed by atoms with Gasteiger partial charge in [0.15, 0.2) is 11.6 Å². The smallest absolute Gasteiger partial charge is 0.240 e. The van der Waals surface area contributed by atoms with E-state index in [0.717, 1.165) is 0 Å². The highest BCUT2D eigenvalue weighted by molar-refractivity contribution is 9.10. The normalized spacial score (nSPS) is 10.6. The van der Waals surface area contributed by atoms with Gasteiger partial charge in [-0.05, 0) is 12.1 Å². The van der Waals surface area contributed by atoms with Gasteiger partial charge in [0.2, 0.25) is 11.7 Å². The Morgan fingerprint density at radius 1 is 1.53 bits per heavy atom. The van der Waals surface area contributed by atoms with E-state index in [2.05, 4.69) is 26.1 Å². The Morgan fingerprint density at radius 2 is 2.29 bits per heavy atom. The molecule has 7 heteroatoms. The lowest BCUT2D eigenvalue weighted by Crippen LogP contribution is -1.96. The highest BCUT2D eigenvalue weighted by Gasteiger charge is 2.17. The number of halogens is 2. The van der Waals surface area contributed by atoms with E-state index < -0.39 is 5.82 Å². The lowest BCUT2D eigenvalue weighted by atomic mass is 10.2. The maximum atomic E-state index is 14.0. The number of aromatic nitrogens is 2. The highest BCUT2D eigenvalue weighted by atomic mass is 79.9. The molecule has 1 heterocycles. The third-order valence-corrected chi connectivity index (χ3v) is 2.57. The van der Waals surface area contributed by atoms with Gasteiger partial charge in [0.1, 0.15) is 0 Å². The van der Waals surface area contributed by atoms with E-state index in [1.807, 2.05) is 0 Å². The third kappa shape index (κ3) is 2.29. The molecule has 90 valence electrons. The average Bonchev–Trinajstić information content (AvgIpc) is 2.80. The summed E-state index contributed by atoms with van der Waals surface area (Å²) in [7, 11) is 1.39. The van der Waals surface area contributed by atoms with Crippen molar-refractivity contribution in [2.24, 2.45) is 5.73 Å². The minimum absolute atomic E-state index is 0.105. The van der Waals surface area contributed by atoms with Crippen molar-refractivity contribution in [2.45, 2.75) is 6.54 Å². The van der Waals surface area contributed by atoms with Gasteiger partial charge in [0.05, 0.1) is 19.2 Å². The summed E-state index contributed by atoms with van der Waals surface area (Å²) in [6.45, 7) is 0.111. The maximum absolute atomic E-state index is 14.0. The molecule has 0 fully saturated rings. The number of hydrogen-bond acceptors (Lipinski definition) is 5. The van der Waals surface area contributed by atoms with Gasteiger partial charge in [0, 0.05) is 4.47 Å². The lowest BCUT2D eigenvalue weighted by Gasteiger charge is -2.05. The summed E-state index contributed by atoms with van der Waals surface area (Å²) >= 11 is 3.25. The number of nitrogens with two attached hydrogens (primary N) is 1. The Balaban J connectivity index is 2.54. The monoisotopic (exact) mass is 301 g/mol. The van der Waals surface area contributed by atoms with Crippen LogP contribution in [0.4, 0.5) is 4.39 Å². The average molecular weight is 302 g/mol. The van der Waals surface area contributed by atoms with E-state index in [1.54, 1.807) is 6.07 Å². The molecular formula is C10H9BrFN3O2. The van der Waals surface area contributed by atoms with Gasteiger partial charge in [-0.3, -0.25) is 0 Å². The first-order valence-electron chi connectivity index (χ1n) is 4.71. The fraction of sp³-hybridized carbons (Fsp3) is 0.200. The van der Waals surface area contributed by atoms with Crippen molar-refractivity contribution in [3.05, 3.63) is 28.3 Å². The van der Waals surface area contributed by atoms with Gasteiger partial charge >= 0.3 is 0 Å². The van der Waals surface area contributed by atoms with Crippen LogP contribution in [0.15, 0.2) is 21.1 Å². The predicted octanol–water partition coefficient (Wildman–Crippen LogP) is 2.11. The van der Waals surface area contributed by atoms with E-state index in [1.165, 1.54) is 13.2 Å². The second kappa shape index (κ2) is 4.80. The minimum atomic E-state index is -0.542. The maximum Gasteiger partial charge on any atom is 0.240 e. The molecule has 1 aromatic heterocycles. The molecule has 0 atom stereocenters. The molecule has 0 saturated carbocycles. The van der Waals surface area contributed by atoms with Gasteiger partial charge < -0.3 is 15.0 Å². The van der Waals surface area contributed by atoms with Gasteiger partial charge in [0.25, 0.3) is 0 Å². The van der Waals surface area contributed by atoms with Gasteiger partial charge in [-0.15, -0.1) is 0 Å². The molecule has 0 aliphatic heterocycles. The second-order valence-electron chi connectivity index (χ2n) is 3.19. The largest absolute Gasteiger partial charge is 0.494 e. The number of benzene rings is 1. The fourth-order valence-electron chi connectivity index (χ4n) is 1.32. The quantitative estimate of drug-likeness (QED) is 0.940. The first-order chi connectivity index (χ1) is 8.15. The van der Waals surface area contributed by atoms with Crippen molar-refractivity contribution in [3.63, 3.8) is 0 Å². The number of ether oxygens (including phenoxy) is 1. The summed E-state index contributed by atoms with van der Waals surface area (Å²) in [5.41, 5.74) is 5.54. The zero-order chi connectivity index (χ0) is 12.4. The molecule has 2 rings (SSSR count). The SMILES string of the molecule is COc1cc(Br)cc(-c2noc(CN)n2)c1F. The van der Waals surface area contributed by atoms with Crippen LogP contribution in [0.3, 0.4) is 0 Å². The Bertz CT molecular complexity index is 544. The van der Waals surface area contributed by atoms with Crippen LogP contribution in [0.25, 0.3) is 11.4 Å². The predicted molar refractivity (Wildman–Crippen MR) is 61.8 cm³/mol. The van der Waals surface area contributed by atoms with Crippen LogP contribution in [0.2, 0.25) is 0 Å². The fourth-order valence-corrected chi connectivity index (χ4v) is 1.76. The van der Waals surface area contributed by atoms with E-state index in [-0.39, 0.29) is 29.6 Å². The zero-order valence-electron chi connectivity index (χ0n) is 8.91. The molecule has 5 nitrogen and oxygen atoms in total. The molecule has 0 amide bonds. The van der Waals surface area contributed by atoms with Crippen LogP contribution >= 0.6 is 15.9 Å². The molecule has 0 bridgehead atoms. The van der Waals surface area contributed by atoms with Crippen molar-refractivity contribution in [1.29, 1.82) is 0 Å². The Labute approximate surface area is 105 Å². The molecule has 2 aromatic rings. The van der Waals surface area contributed by atoms with Crippen molar-refractivity contribution < 1.29 is 13.7 Å². The lowest BCUT2D eigenvalue weighted by molar-refractivity contribution is 0.378. The molecule has 0 saturated heterocycles. The third-order valence-electron chi connectivity index (χ3n) is 2.11. The number of methoxy groups -OCH3 is 1. The number of rotatable bonds is 3. The highest BCUT2D eigenvalue weighted by Crippen LogP contribution is 2.31. The first kappa shape index (κ1) is 12.0. The van der Waals surface area contributed by atoms with Crippen LogP contribution in [0, 0.1) is 5.82 Å². The minimum Gasteiger partial charge on any atom is -0.494 e. The molecule has 17 heavy (non-hydrogen) atoms. The van der Waals surface area contributed by atoms with Crippen molar-refractivity contribution in [3.8, 4) is 17.1 Å². The zero-order valence-corrected chi connectivity index (χ0v) is 10.5. The van der Waals surface area contributed by atoms with Gasteiger partial charge in [-0.25, -0.2) is 4.39 Å². The molecule has 2 N–H and O–H groups in total. The van der Waals surface area contributed by atoms with Crippen molar-refractivity contribution in [1.82, 2.24) is 10.1 Å². The van der Waals surface area contributed by atoms with Crippen molar-refractivity contribution in [2.75, 3.05) is 7.11 Å². The van der Waals surface area contributed by atoms with Crippen molar-refractivity contribution >= 4 is 15.9 Å². The summed E-state index contributed by atoms with van der Waals surface area (Å²) in [6, 6.07) is 3.06. The van der Waals surface area contributed by atoms with E-state index >= 15 is 0 Å². The van der Waals surface area contributed by atoms with Crippen LogP contribution in [0.1, 0.15) is 5.89 Å². The molecule has 0 aliphatic rings. The summed E-state index contributed by atoms with van der Waals surface area (Å²) < 4.78 is 24.3. The standard InChI is InChI=1S/C10H9BrFN3O2/c1-16-7-3-5(11)2-6(9(7)12)10-14-8(4-13)17-15-10/h2-3H,4,13H2,1H3. The van der Waals surface area contributed by atoms with Gasteiger partial charge in [-0.1, -0.05) is 21.1 Å². The van der Waals surface area contributed by atoms with E-state index in [4.69, 9.17) is 15.0 Å². The molecule has 0 unspecified atom stereocenters. The Morgan fingerprint density at radius 3 is 2.88 bits per heavy atom. The first-order valence-corrected chi connectivity index (χ1v) is 5.51. The summed E-state index contributed by atoms with van der Waals surface area (Å²) in [6.07, 6.45) is 0. The summed E-state index contributed by atoms with van der Waals surface area (Å²) in [5.74, 6) is -0.0468. The second-order valence-corrected chi connectivity index (χ2v) is 4.10. The van der Waals surface area contributed by atoms with Gasteiger partial charge in [-0.2, -0.15) is 4.98 Å². The van der Waals surface area contributed by atoms with Crippen LogP contribution in [0.5, 0.6) is 5.75 Å². The van der Waals surface area contributed by atoms with Crippen LogP contribution in [-0.2, 0) is 6.54 Å². The summed E-state index contributed by atoms with van der Waals surface area (Å²) in [5, 5.41) is 3.65. The molecule has 1 aromatic carbocycles. The van der Waals surface area contributed by atoms with Crippen LogP contribution < -0.4 is 10.5 Å². The number of nitrogens with zero attached hydrogens (tertiary/aromatic N) is 2. The van der Waals surface area contributed by atoms with E-state index in [0.29, 0.717) is 4.47 Å². The van der Waals surface area contributed by atoms with Crippen LogP contribution in [-0.4, -0.2) is 17.3 Å². The summed E-state index contributed by atoms with van der Waals surface area (Å²) in [4.78, 5) is 3.96. The molecular weight excluding hydrogens is 293 g/mol. The number of hydrogen-bond donors (Lipinski definition) is 1. The topological polar surface area (TPSA) is 74.2 Å². The molecule has 0 radical (unpaired) electrons. The Kier molecular flexibility index (Phi) is 3.39. The Hall–Kier alpha value is -1.47. The van der Waals surface area contributed by atoms with E-state index in [9.17, 15) is 4.39 Å². The molecule has 0 spiro atoms. The molecule has 0 aliphatic carbocycles.